The van der Waals surface area contributed by atoms with E-state index in [0.29, 0.717) is 58.6 Å². The van der Waals surface area contributed by atoms with Gasteiger partial charge in [-0.05, 0) is 141 Å². The van der Waals surface area contributed by atoms with Gasteiger partial charge >= 0.3 is 23.7 Å². The Morgan fingerprint density at radius 2 is 0.957 bits per heavy atom. The number of carbonyl (C=O) groups is 4. The van der Waals surface area contributed by atoms with Gasteiger partial charge in [-0.1, -0.05) is 63.2 Å². The molecule has 20 rings (SSSR count). The number of esters is 3. The van der Waals surface area contributed by atoms with Crippen LogP contribution >= 0.6 is 0 Å². The van der Waals surface area contributed by atoms with Crippen molar-refractivity contribution in [2.24, 2.45) is 11.8 Å². The molecular formula is C100H106O41. The standard InChI is InChI=1S/C27H30O12.C27H28O11.C25H28O11.C21H20O7/c1-12-19(11-28)37-26(22(33)21(12)32)36-18-10-16(30)9-17(31)20(18)27(8-7-14-3-5-15(29)6-4-14)38-23-13(2)35-25(34)24(23)39-27;1-3-11-7-13-17(24-22(33)21(32)20(31)16(9-28)36-24)12-5-4-6-14(29)18(12)27(19(13)15(30)8-11)37-23-10(2)35-26(34)25(23)38-27;1-9-4-12(27)17(24-20(32)19(31)18(30)15(8-26)34-24)23-16(9)13(28)6-11(33-23)7-25(3)35-21-10(2)5-14(29)22(21)36-25;1-11-9-15(23)10-16(24)17(11)21(8-7-13-3-5-14(22)6-4-13)27-18-12(2)26-20(25)19(18)28-21/h3-6,9-10,12-13,19,21-22,26,28-33H,7-8,11H2,1-2H3;4-8,10,16-17,20-22,24,28-33H,3,9H2,1-2H3;4,6,10,15,18-20,24,26-27,30-32H,5,7-8H2,1-3H3;3-6,9-10,12,22-24H,7-8H2,1-2H3/t12-,13?,19-,21+,22-,26?,27?;10?,16-,17?,20-,21+,22-,24?,27?;10?,15-,18-,19+,20-,24?,25?;/m111./s1. The van der Waals surface area contributed by atoms with Crippen molar-refractivity contribution in [2.75, 3.05) is 19.8 Å². The SMILES string of the molecule is CC1OC(=O)C2=C1OC(CCc1ccc(O)cc1)(c1c(O)cc(O)cc1OC1O[C@H](CO)[C@@H](C)[C@H](O)[C@H]1O)O2.CCc1cc(O)c2c(c1)C(C1O[C@H](CO)[C@@H](O)[C@H](O)[C@H]1O)c1cccc(O)c1C21OC2=C(O1)C(C)OC2=O.Cc1cc(O)c(C2O[C@H](CO)[C@@H](O)[C@H](O)[C@H]2O)c2oc(CC3(C)OC4=C(O3)C(C)CC4=O)cc(=O)c12.Cc1cc(O)cc(O)c1C1(CCc2ccc(O)cc2)OC2=C(O1)C(C)OC2=O. The Morgan fingerprint density at radius 3 is 1.50 bits per heavy atom. The van der Waals surface area contributed by atoms with Crippen LogP contribution in [0.4, 0.5) is 0 Å². The Labute approximate surface area is 801 Å². The number of carbonyl (C=O) groups excluding carboxylic acids is 4. The molecule has 10 aliphatic heterocycles. The average molecular weight is 1960 g/mol. The van der Waals surface area contributed by atoms with Gasteiger partial charge < -0.3 is 178 Å². The normalized spacial score (nSPS) is 31.7. The van der Waals surface area contributed by atoms with Crippen molar-refractivity contribution >= 4 is 34.7 Å². The first-order chi connectivity index (χ1) is 66.9. The Bertz CT molecular complexity index is 6430. The minimum absolute atomic E-state index is 0.00470. The summed E-state index contributed by atoms with van der Waals surface area (Å²) >= 11 is 0. The van der Waals surface area contributed by atoms with E-state index in [9.17, 15) is 126 Å². The number of hydrogen-bond donors (Lipinski definition) is 20. The zero-order valence-electron chi connectivity index (χ0n) is 77.1. The highest BCUT2D eigenvalue weighted by molar-refractivity contribution is 5.97. The van der Waals surface area contributed by atoms with Crippen LogP contribution in [0.3, 0.4) is 0 Å². The second-order valence-electron chi connectivity index (χ2n) is 36.8. The monoisotopic (exact) mass is 1960 g/mol. The van der Waals surface area contributed by atoms with E-state index in [-0.39, 0.29) is 157 Å². The van der Waals surface area contributed by atoms with E-state index in [0.717, 1.165) is 28.8 Å². The smallest absolute Gasteiger partial charge is 0.378 e. The molecular weight excluding hydrogens is 1860 g/mol. The number of aryl methyl sites for hydroxylation is 5. The summed E-state index contributed by atoms with van der Waals surface area (Å²) in [5, 5.41) is 208. The lowest BCUT2D eigenvalue weighted by Gasteiger charge is -2.47. The number of ketones is 1. The van der Waals surface area contributed by atoms with Crippen LogP contribution in [0.2, 0.25) is 0 Å². The summed E-state index contributed by atoms with van der Waals surface area (Å²) in [7, 11) is 0. The first kappa shape index (κ1) is 99.2. The minimum atomic E-state index is -1.96. The molecule has 12 aliphatic rings. The number of phenols is 9. The summed E-state index contributed by atoms with van der Waals surface area (Å²) in [6.07, 6.45) is -20.4. The Morgan fingerprint density at radius 1 is 0.433 bits per heavy atom. The fourth-order valence-corrected chi connectivity index (χ4v) is 19.9. The van der Waals surface area contributed by atoms with E-state index in [2.05, 4.69) is 0 Å². The number of Topliss-reactive ketones (excluding diaryl/α,β-unsaturated/α-hetero) is 1. The van der Waals surface area contributed by atoms with Crippen molar-refractivity contribution in [3.05, 3.63) is 244 Å². The molecule has 12 unspecified atom stereocenters. The highest BCUT2D eigenvalue weighted by atomic mass is 16.8. The van der Waals surface area contributed by atoms with Gasteiger partial charge in [0.25, 0.3) is 34.6 Å². The van der Waals surface area contributed by atoms with E-state index in [1.54, 1.807) is 103 Å². The molecule has 7 aromatic carbocycles. The molecule has 0 amide bonds. The van der Waals surface area contributed by atoms with Crippen LogP contribution < -0.4 is 10.2 Å². The van der Waals surface area contributed by atoms with E-state index in [1.807, 2.05) is 13.8 Å². The zero-order valence-corrected chi connectivity index (χ0v) is 77.1. The van der Waals surface area contributed by atoms with Gasteiger partial charge in [0.05, 0.1) is 72.2 Å². The van der Waals surface area contributed by atoms with Crippen molar-refractivity contribution in [2.45, 2.75) is 240 Å². The third-order valence-corrected chi connectivity index (χ3v) is 27.0. The summed E-state index contributed by atoms with van der Waals surface area (Å²) in [6.45, 7) is 13.4. The number of phenolic OH excluding ortho intramolecular Hbond substituents is 9. The van der Waals surface area contributed by atoms with Gasteiger partial charge in [-0.2, -0.15) is 0 Å². The van der Waals surface area contributed by atoms with Crippen molar-refractivity contribution in [1.29, 1.82) is 0 Å². The van der Waals surface area contributed by atoms with Gasteiger partial charge in [-0.3, -0.25) is 9.59 Å². The maximum Gasteiger partial charge on any atom is 0.378 e. The van der Waals surface area contributed by atoms with Crippen molar-refractivity contribution in [3.63, 3.8) is 0 Å². The lowest BCUT2D eigenvalue weighted by Crippen LogP contribution is -2.60. The number of hydrogen-bond acceptors (Lipinski definition) is 41. The molecule has 3 saturated heterocycles. The van der Waals surface area contributed by atoms with E-state index in [1.165, 1.54) is 48.5 Å². The largest absolute Gasteiger partial charge is 0.508 e. The van der Waals surface area contributed by atoms with Gasteiger partial charge in [0.1, 0.15) is 135 Å². The molecule has 20 N–H and O–H groups in total. The second kappa shape index (κ2) is 37.9. The van der Waals surface area contributed by atoms with Crippen LogP contribution in [0.5, 0.6) is 57.5 Å². The topological polar surface area (TPSA) is 642 Å². The van der Waals surface area contributed by atoms with Crippen molar-refractivity contribution < 1.29 is 197 Å². The molecule has 0 saturated carbocycles. The van der Waals surface area contributed by atoms with Crippen LogP contribution in [0, 0.1) is 25.7 Å². The van der Waals surface area contributed by atoms with Crippen molar-refractivity contribution in [1.82, 2.24) is 0 Å². The highest BCUT2D eigenvalue weighted by Gasteiger charge is 2.64. The Balaban J connectivity index is 0.000000130. The first-order valence-electron chi connectivity index (χ1n) is 45.6. The number of aromatic hydroxyl groups is 9. The fraction of sp³-hybridized carbons (Fsp3) is 0.430. The number of fused-ring (bicyclic) bond motifs is 5. The number of benzene rings is 7. The van der Waals surface area contributed by atoms with Crippen molar-refractivity contribution in [3.8, 4) is 57.5 Å². The van der Waals surface area contributed by atoms with Gasteiger partial charge in [0.2, 0.25) is 17.8 Å². The number of aliphatic hydroxyl groups excluding tert-OH is 11. The van der Waals surface area contributed by atoms with Crippen LogP contribution in [-0.2, 0) is 129 Å². The van der Waals surface area contributed by atoms with Crippen LogP contribution in [0.1, 0.15) is 152 Å². The lowest BCUT2D eigenvalue weighted by molar-refractivity contribution is -0.262. The molecule has 141 heavy (non-hydrogen) atoms. The van der Waals surface area contributed by atoms with E-state index < -0.39 is 194 Å². The molecule has 41 nitrogen and oxygen atoms in total. The quantitative estimate of drug-likeness (QED) is 0.0390. The zero-order chi connectivity index (χ0) is 101. The summed E-state index contributed by atoms with van der Waals surface area (Å²) < 4.78 is 93.3. The van der Waals surface area contributed by atoms with Gasteiger partial charge in [0.15, 0.2) is 46.8 Å². The highest BCUT2D eigenvalue weighted by Crippen LogP contribution is 2.62. The molecule has 8 aromatic rings. The van der Waals surface area contributed by atoms with Crippen LogP contribution in [-0.4, -0.2) is 249 Å². The third kappa shape index (κ3) is 17.7. The molecule has 0 bridgehead atoms. The molecule has 2 aliphatic carbocycles. The number of ether oxygens (including phenoxy) is 15. The number of rotatable bonds is 18. The maximum atomic E-state index is 13.1. The predicted molar refractivity (Wildman–Crippen MR) is 476 cm³/mol. The summed E-state index contributed by atoms with van der Waals surface area (Å²) in [4.78, 5) is 62.5. The molecule has 11 heterocycles. The van der Waals surface area contributed by atoms with Gasteiger partial charge in [-0.15, -0.1) is 0 Å². The molecule has 0 radical (unpaired) electrons. The average Bonchev–Trinajstić information content (AvgIpc) is 1.63. The van der Waals surface area contributed by atoms with Crippen LogP contribution in [0.25, 0.3) is 11.0 Å². The second-order valence-corrected chi connectivity index (χ2v) is 36.8. The first-order valence-corrected chi connectivity index (χ1v) is 45.6. The lowest BCUT2D eigenvalue weighted by atomic mass is 9.69. The summed E-state index contributed by atoms with van der Waals surface area (Å²) in [5.41, 5.74) is 3.88. The molecule has 41 heteroatoms. The maximum absolute atomic E-state index is 13.1. The fourth-order valence-electron chi connectivity index (χ4n) is 19.9. The van der Waals surface area contributed by atoms with E-state index in [4.69, 9.17) is 75.5 Å². The molecule has 24 atom stereocenters. The number of cyclic esters (lactones) is 3. The summed E-state index contributed by atoms with van der Waals surface area (Å²) in [6, 6.07) is 28.5. The number of allylic oxidation sites excluding steroid dienone is 2. The third-order valence-electron chi connectivity index (χ3n) is 27.0. The molecule has 1 spiro atoms. The van der Waals surface area contributed by atoms with Crippen LogP contribution in [0.15, 0.2) is 171 Å². The number of aliphatic hydroxyl groups is 11. The Hall–Kier alpha value is -13.4. The summed E-state index contributed by atoms with van der Waals surface area (Å²) in [5.74, 6) is -11.6. The van der Waals surface area contributed by atoms with Gasteiger partial charge in [-0.25, -0.2) is 14.4 Å². The van der Waals surface area contributed by atoms with E-state index >= 15 is 0 Å². The molecule has 3 fully saturated rings. The molecule has 752 valence electrons. The minimum Gasteiger partial charge on any atom is -0.508 e. The van der Waals surface area contributed by atoms with Gasteiger partial charge in [0, 0.05) is 68.2 Å². The Kier molecular flexibility index (Phi) is 26.7. The molecule has 1 aromatic heterocycles. The predicted octanol–water partition coefficient (Wildman–Crippen LogP) is 5.15.